The van der Waals surface area contributed by atoms with Crippen molar-refractivity contribution in [1.29, 1.82) is 0 Å². The Hall–Kier alpha value is -2.03. The van der Waals surface area contributed by atoms with Gasteiger partial charge in [0.1, 0.15) is 5.01 Å². The number of carbonyl (C=O) groups is 2. The fourth-order valence-electron chi connectivity index (χ4n) is 2.85. The number of nitrogens with zero attached hydrogens (tertiary/aromatic N) is 5. The van der Waals surface area contributed by atoms with Gasteiger partial charge >= 0.3 is 5.97 Å². The van der Waals surface area contributed by atoms with E-state index in [1.54, 1.807) is 4.52 Å². The molecular weight excluding hydrogens is 330 g/mol. The molecule has 0 N–H and O–H groups in total. The maximum atomic E-state index is 12.3. The van der Waals surface area contributed by atoms with Crippen LogP contribution in [0.3, 0.4) is 0 Å². The van der Waals surface area contributed by atoms with E-state index < -0.39 is 0 Å². The topological polar surface area (TPSA) is 89.7 Å². The summed E-state index contributed by atoms with van der Waals surface area (Å²) < 4.78 is 6.75. The zero-order valence-corrected chi connectivity index (χ0v) is 14.7. The fourth-order valence-corrected chi connectivity index (χ4v) is 3.73. The van der Waals surface area contributed by atoms with Gasteiger partial charge in [-0.15, -0.1) is 10.2 Å². The number of rotatable bonds is 5. The van der Waals surface area contributed by atoms with Gasteiger partial charge in [0.05, 0.1) is 12.5 Å². The Morgan fingerprint density at radius 3 is 2.71 bits per heavy atom. The molecular formula is C15H21N5O3S. The summed E-state index contributed by atoms with van der Waals surface area (Å²) >= 11 is 1.46. The van der Waals surface area contributed by atoms with Gasteiger partial charge in [0.25, 0.3) is 0 Å². The van der Waals surface area contributed by atoms with Crippen molar-refractivity contribution in [3.8, 4) is 0 Å². The molecule has 1 amide bonds. The summed E-state index contributed by atoms with van der Waals surface area (Å²) in [5.74, 6) is 0.649. The molecule has 0 spiro atoms. The second-order valence-electron chi connectivity index (χ2n) is 5.84. The molecule has 0 bridgehead atoms. The van der Waals surface area contributed by atoms with Crippen LogP contribution in [0.4, 0.5) is 0 Å². The van der Waals surface area contributed by atoms with Crippen LogP contribution in [0.25, 0.3) is 4.96 Å². The molecule has 2 aromatic rings. The van der Waals surface area contributed by atoms with Crippen LogP contribution < -0.4 is 0 Å². The Bertz CT molecular complexity index is 733. The first kappa shape index (κ1) is 16.8. The molecule has 8 nitrogen and oxygen atoms in total. The molecule has 1 saturated heterocycles. The SMILES string of the molecule is CCOC(=O)C1CCN(C(=O)CCc2nn3c(C)nnc3s2)CC1. The van der Waals surface area contributed by atoms with Crippen molar-refractivity contribution < 1.29 is 14.3 Å². The highest BCUT2D eigenvalue weighted by Gasteiger charge is 2.28. The van der Waals surface area contributed by atoms with E-state index in [9.17, 15) is 9.59 Å². The van der Waals surface area contributed by atoms with E-state index in [-0.39, 0.29) is 17.8 Å². The molecule has 3 heterocycles. The third-order valence-corrected chi connectivity index (χ3v) is 5.17. The van der Waals surface area contributed by atoms with E-state index in [0.29, 0.717) is 45.4 Å². The van der Waals surface area contributed by atoms with Crippen LogP contribution in [0.2, 0.25) is 0 Å². The van der Waals surface area contributed by atoms with Gasteiger partial charge < -0.3 is 9.64 Å². The van der Waals surface area contributed by atoms with Crippen molar-refractivity contribution in [2.24, 2.45) is 5.92 Å². The van der Waals surface area contributed by atoms with Crippen LogP contribution in [0.15, 0.2) is 0 Å². The zero-order chi connectivity index (χ0) is 17.1. The summed E-state index contributed by atoms with van der Waals surface area (Å²) in [6, 6.07) is 0. The number of hydrogen-bond acceptors (Lipinski definition) is 7. The predicted octanol–water partition coefficient (Wildman–Crippen LogP) is 1.23. The average Bonchev–Trinajstić information content (AvgIpc) is 3.15. The van der Waals surface area contributed by atoms with E-state index >= 15 is 0 Å². The lowest BCUT2D eigenvalue weighted by atomic mass is 9.97. The minimum absolute atomic E-state index is 0.0730. The third kappa shape index (κ3) is 3.55. The molecule has 3 rings (SSSR count). The summed E-state index contributed by atoms with van der Waals surface area (Å²) in [6.07, 6.45) is 2.39. The highest BCUT2D eigenvalue weighted by Crippen LogP contribution is 2.20. The average molecular weight is 351 g/mol. The predicted molar refractivity (Wildman–Crippen MR) is 87.7 cm³/mol. The second kappa shape index (κ2) is 7.25. The normalized spacial score (nSPS) is 15.8. The highest BCUT2D eigenvalue weighted by molar-refractivity contribution is 7.16. The van der Waals surface area contributed by atoms with Gasteiger partial charge in [-0.1, -0.05) is 11.3 Å². The monoisotopic (exact) mass is 351 g/mol. The van der Waals surface area contributed by atoms with Crippen LogP contribution in [0.5, 0.6) is 0 Å². The maximum Gasteiger partial charge on any atom is 0.309 e. The third-order valence-electron chi connectivity index (χ3n) is 4.21. The molecule has 0 unspecified atom stereocenters. The van der Waals surface area contributed by atoms with E-state index in [0.717, 1.165) is 15.8 Å². The molecule has 0 aromatic carbocycles. The number of ether oxygens (including phenoxy) is 1. The first-order chi connectivity index (χ1) is 11.6. The van der Waals surface area contributed by atoms with Crippen molar-refractivity contribution in [3.05, 3.63) is 10.8 Å². The number of likely N-dealkylation sites (tertiary alicyclic amines) is 1. The summed E-state index contributed by atoms with van der Waals surface area (Å²) in [5.41, 5.74) is 0. The van der Waals surface area contributed by atoms with Crippen LogP contribution >= 0.6 is 11.3 Å². The number of piperidine rings is 1. The summed E-state index contributed by atoms with van der Waals surface area (Å²) in [6.45, 7) is 5.30. The van der Waals surface area contributed by atoms with Gasteiger partial charge in [0, 0.05) is 25.9 Å². The van der Waals surface area contributed by atoms with Crippen molar-refractivity contribution in [1.82, 2.24) is 24.7 Å². The van der Waals surface area contributed by atoms with Crippen molar-refractivity contribution in [3.63, 3.8) is 0 Å². The smallest absolute Gasteiger partial charge is 0.309 e. The lowest BCUT2D eigenvalue weighted by Gasteiger charge is -2.30. The van der Waals surface area contributed by atoms with Crippen molar-refractivity contribution in [2.45, 2.75) is 39.5 Å². The Labute approximate surface area is 143 Å². The maximum absolute atomic E-state index is 12.3. The number of amides is 1. The van der Waals surface area contributed by atoms with Crippen molar-refractivity contribution >= 4 is 28.2 Å². The number of carbonyl (C=O) groups excluding carboxylic acids is 2. The van der Waals surface area contributed by atoms with Crippen LogP contribution in [-0.4, -0.2) is 56.3 Å². The zero-order valence-electron chi connectivity index (χ0n) is 13.9. The van der Waals surface area contributed by atoms with Crippen LogP contribution in [0.1, 0.15) is 37.0 Å². The van der Waals surface area contributed by atoms with Gasteiger partial charge in [0.2, 0.25) is 10.9 Å². The van der Waals surface area contributed by atoms with Gasteiger partial charge in [-0.3, -0.25) is 9.59 Å². The van der Waals surface area contributed by atoms with Gasteiger partial charge in [0.15, 0.2) is 5.82 Å². The number of aryl methyl sites for hydroxylation is 2. The summed E-state index contributed by atoms with van der Waals surface area (Å²) in [5, 5.41) is 13.3. The summed E-state index contributed by atoms with van der Waals surface area (Å²) in [7, 11) is 0. The van der Waals surface area contributed by atoms with Crippen molar-refractivity contribution in [2.75, 3.05) is 19.7 Å². The molecule has 0 aliphatic carbocycles. The quantitative estimate of drug-likeness (QED) is 0.753. The van der Waals surface area contributed by atoms with Gasteiger partial charge in [-0.25, -0.2) is 0 Å². The molecule has 2 aromatic heterocycles. The fraction of sp³-hybridized carbons (Fsp3) is 0.667. The summed E-state index contributed by atoms with van der Waals surface area (Å²) in [4.78, 5) is 26.7. The van der Waals surface area contributed by atoms with Gasteiger partial charge in [-0.2, -0.15) is 9.61 Å². The Morgan fingerprint density at radius 2 is 2.04 bits per heavy atom. The molecule has 1 fully saturated rings. The Morgan fingerprint density at radius 1 is 1.29 bits per heavy atom. The van der Waals surface area contributed by atoms with E-state index in [2.05, 4.69) is 15.3 Å². The molecule has 0 atom stereocenters. The number of fused-ring (bicyclic) bond motifs is 1. The lowest BCUT2D eigenvalue weighted by molar-refractivity contribution is -0.151. The first-order valence-corrected chi connectivity index (χ1v) is 9.02. The highest BCUT2D eigenvalue weighted by atomic mass is 32.1. The van der Waals surface area contributed by atoms with Gasteiger partial charge in [-0.05, 0) is 26.7 Å². The Balaban J connectivity index is 1.48. The van der Waals surface area contributed by atoms with E-state index in [1.165, 1.54) is 11.3 Å². The van der Waals surface area contributed by atoms with E-state index in [1.807, 2.05) is 18.7 Å². The standard InChI is InChI=1S/C15H21N5O3S/c1-3-23-14(22)11-6-8-19(9-7-11)13(21)5-4-12-18-20-10(2)16-17-15(20)24-12/h11H,3-9H2,1-2H3. The molecule has 0 radical (unpaired) electrons. The molecule has 1 aliphatic heterocycles. The number of hydrogen-bond donors (Lipinski definition) is 0. The number of aromatic nitrogens is 4. The largest absolute Gasteiger partial charge is 0.466 e. The lowest BCUT2D eigenvalue weighted by Crippen LogP contribution is -2.40. The Kier molecular flexibility index (Phi) is 5.08. The molecule has 1 aliphatic rings. The molecule has 9 heteroatoms. The minimum Gasteiger partial charge on any atom is -0.466 e. The molecule has 24 heavy (non-hydrogen) atoms. The first-order valence-electron chi connectivity index (χ1n) is 8.20. The molecule has 130 valence electrons. The second-order valence-corrected chi connectivity index (χ2v) is 6.89. The number of esters is 1. The van der Waals surface area contributed by atoms with Crippen LogP contribution in [0, 0.1) is 12.8 Å². The van der Waals surface area contributed by atoms with Crippen LogP contribution in [-0.2, 0) is 20.7 Å². The van der Waals surface area contributed by atoms with E-state index in [4.69, 9.17) is 4.74 Å². The molecule has 0 saturated carbocycles. The minimum atomic E-state index is -0.139.